The van der Waals surface area contributed by atoms with Crippen LogP contribution in [-0.4, -0.2) is 46.6 Å². The molecule has 164 valence electrons. The van der Waals surface area contributed by atoms with Gasteiger partial charge in [0.1, 0.15) is 29.2 Å². The molecule has 0 fully saturated rings. The molecule has 31 heavy (non-hydrogen) atoms. The molecule has 0 saturated carbocycles. The fourth-order valence-corrected chi connectivity index (χ4v) is 3.56. The number of furan rings is 1. The summed E-state index contributed by atoms with van der Waals surface area (Å²) in [4.78, 5) is 30.6. The number of aliphatic hydroxyl groups excluding tert-OH is 1. The van der Waals surface area contributed by atoms with Crippen LogP contribution in [0.2, 0.25) is 0 Å². The van der Waals surface area contributed by atoms with Crippen LogP contribution >= 0.6 is 0 Å². The number of carboxylic acid groups (broad SMARTS) is 1. The number of nitro groups is 1. The van der Waals surface area contributed by atoms with E-state index in [1.807, 2.05) is 18.2 Å². The molecule has 1 aliphatic heterocycles. The molecule has 1 aromatic heterocycles. The number of anilines is 1. The van der Waals surface area contributed by atoms with Crippen LogP contribution in [0.1, 0.15) is 24.0 Å². The van der Waals surface area contributed by atoms with Crippen molar-refractivity contribution in [2.24, 2.45) is 5.73 Å². The van der Waals surface area contributed by atoms with Crippen LogP contribution < -0.4 is 11.1 Å². The summed E-state index contributed by atoms with van der Waals surface area (Å²) >= 11 is 0. The van der Waals surface area contributed by atoms with E-state index in [4.69, 9.17) is 20.4 Å². The van der Waals surface area contributed by atoms with E-state index >= 15 is 0 Å². The predicted molar refractivity (Wildman–Crippen MR) is 114 cm³/mol. The topological polar surface area (TPSA) is 169 Å². The molecule has 4 rings (SSSR count). The summed E-state index contributed by atoms with van der Waals surface area (Å²) in [6.07, 6.45) is 2.36. The molecule has 3 aromatic rings. The lowest BCUT2D eigenvalue weighted by molar-refractivity contribution is -0.383. The molecule has 2 heterocycles. The highest BCUT2D eigenvalue weighted by molar-refractivity contribution is 6.09. The van der Waals surface area contributed by atoms with Crippen LogP contribution in [0.15, 0.2) is 28.7 Å². The minimum atomic E-state index is -1.06. The van der Waals surface area contributed by atoms with Crippen molar-refractivity contribution in [2.45, 2.75) is 31.7 Å². The third kappa shape index (κ3) is 4.65. The van der Waals surface area contributed by atoms with Gasteiger partial charge >= 0.3 is 5.97 Å². The molecule has 1 atom stereocenters. The number of hydrogen-bond donors (Lipinski definition) is 4. The minimum absolute atomic E-state index is 0.0702. The first-order valence-electron chi connectivity index (χ1n) is 9.79. The molecule has 0 radical (unpaired) electrons. The third-order valence-electron chi connectivity index (χ3n) is 5.09. The van der Waals surface area contributed by atoms with Gasteiger partial charge in [0.15, 0.2) is 0 Å². The van der Waals surface area contributed by atoms with Gasteiger partial charge in [0.05, 0.1) is 4.92 Å². The van der Waals surface area contributed by atoms with Crippen molar-refractivity contribution in [1.82, 2.24) is 0 Å². The highest BCUT2D eigenvalue weighted by Gasteiger charge is 2.27. The van der Waals surface area contributed by atoms with Crippen molar-refractivity contribution in [2.75, 3.05) is 18.5 Å². The van der Waals surface area contributed by atoms with Crippen LogP contribution in [-0.2, 0) is 22.4 Å². The van der Waals surface area contributed by atoms with Gasteiger partial charge in [-0.15, -0.1) is 0 Å². The van der Waals surface area contributed by atoms with Crippen LogP contribution in [0.25, 0.3) is 21.9 Å². The molecule has 10 heteroatoms. The number of carboxylic acids is 1. The molecule has 1 aliphatic rings. The van der Waals surface area contributed by atoms with Crippen molar-refractivity contribution in [3.8, 4) is 0 Å². The van der Waals surface area contributed by atoms with E-state index in [9.17, 15) is 19.7 Å². The summed E-state index contributed by atoms with van der Waals surface area (Å²) in [6, 6.07) is 6.40. The average molecular weight is 429 g/mol. The Balaban J connectivity index is 0.000000259. The molecule has 0 aliphatic carbocycles. The van der Waals surface area contributed by atoms with E-state index in [1.165, 1.54) is 0 Å². The van der Waals surface area contributed by atoms with Crippen LogP contribution in [0, 0.1) is 10.1 Å². The van der Waals surface area contributed by atoms with Gasteiger partial charge < -0.3 is 30.5 Å². The molecular formula is C21H23N3O7. The third-order valence-corrected chi connectivity index (χ3v) is 5.09. The zero-order valence-electron chi connectivity index (χ0n) is 16.7. The zero-order chi connectivity index (χ0) is 22.5. The van der Waals surface area contributed by atoms with Crippen LogP contribution in [0.5, 0.6) is 0 Å². The molecule has 5 N–H and O–H groups in total. The Morgan fingerprint density at radius 2 is 2.13 bits per heavy atom. The van der Waals surface area contributed by atoms with Crippen molar-refractivity contribution < 1.29 is 29.1 Å². The van der Waals surface area contributed by atoms with Gasteiger partial charge in [0.25, 0.3) is 5.69 Å². The van der Waals surface area contributed by atoms with E-state index in [1.54, 1.807) is 6.07 Å². The molecule has 0 amide bonds. The lowest BCUT2D eigenvalue weighted by Gasteiger charge is -2.02. The lowest BCUT2D eigenvalue weighted by Crippen LogP contribution is -2.29. The number of nitrogens with two attached hydrogens (primary N) is 1. The molecule has 2 aromatic carbocycles. The Morgan fingerprint density at radius 1 is 1.35 bits per heavy atom. The summed E-state index contributed by atoms with van der Waals surface area (Å²) < 4.78 is 5.94. The van der Waals surface area contributed by atoms with Crippen molar-refractivity contribution >= 4 is 45.6 Å². The monoisotopic (exact) mass is 429 g/mol. The molecular weight excluding hydrogens is 406 g/mol. The van der Waals surface area contributed by atoms with Gasteiger partial charge in [-0.2, -0.15) is 0 Å². The molecule has 0 saturated heterocycles. The second-order valence-corrected chi connectivity index (χ2v) is 7.15. The largest absolute Gasteiger partial charge is 0.480 e. The van der Waals surface area contributed by atoms with Gasteiger partial charge in [-0.3, -0.25) is 14.9 Å². The van der Waals surface area contributed by atoms with Crippen molar-refractivity contribution in [1.29, 1.82) is 0 Å². The highest BCUT2D eigenvalue weighted by Crippen LogP contribution is 2.42. The minimum Gasteiger partial charge on any atom is -0.480 e. The predicted octanol–water partition coefficient (Wildman–Crippen LogP) is 2.37. The quantitative estimate of drug-likeness (QED) is 0.250. The summed E-state index contributed by atoms with van der Waals surface area (Å²) in [7, 11) is 0. The number of nitrogens with zero attached hydrogens (tertiary/aromatic N) is 1. The summed E-state index contributed by atoms with van der Waals surface area (Å²) in [5, 5.41) is 33.3. The highest BCUT2D eigenvalue weighted by atomic mass is 16.6. The van der Waals surface area contributed by atoms with Crippen LogP contribution in [0.3, 0.4) is 0 Å². The summed E-state index contributed by atoms with van der Waals surface area (Å²) in [6.45, 7) is 0.753. The fourth-order valence-electron chi connectivity index (χ4n) is 3.56. The van der Waals surface area contributed by atoms with Gasteiger partial charge in [-0.25, -0.2) is 0 Å². The molecule has 1 unspecified atom stereocenters. The summed E-state index contributed by atoms with van der Waals surface area (Å²) in [5.74, 6) is -1.06. The van der Waals surface area contributed by atoms with E-state index < -0.39 is 12.0 Å². The number of carbonyl (C=O) groups is 2. The van der Waals surface area contributed by atoms with Crippen molar-refractivity contribution in [3.63, 3.8) is 0 Å². The average Bonchev–Trinajstić information content (AvgIpc) is 3.36. The number of aliphatic carboxylic acids is 1. The van der Waals surface area contributed by atoms with E-state index in [2.05, 4.69) is 5.32 Å². The van der Waals surface area contributed by atoms with E-state index in [-0.39, 0.29) is 30.1 Å². The van der Waals surface area contributed by atoms with Gasteiger partial charge in [0, 0.05) is 42.0 Å². The first kappa shape index (κ1) is 22.2. The van der Waals surface area contributed by atoms with Gasteiger partial charge in [-0.1, -0.05) is 6.07 Å². The maximum absolute atomic E-state index is 11.3. The zero-order valence-corrected chi connectivity index (χ0v) is 16.7. The molecule has 10 nitrogen and oxygen atoms in total. The number of aliphatic hydroxyl groups is 1. The maximum atomic E-state index is 11.3. The molecule has 0 spiro atoms. The maximum Gasteiger partial charge on any atom is 0.320 e. The van der Waals surface area contributed by atoms with Gasteiger partial charge in [0.2, 0.25) is 0 Å². The number of benzene rings is 2. The lowest BCUT2D eigenvalue weighted by atomic mass is 10.0. The number of carbonyl (C=O) groups excluding carboxylic acids is 1. The number of aldehydes is 1. The van der Waals surface area contributed by atoms with Gasteiger partial charge in [-0.05, 0) is 37.0 Å². The molecule has 0 bridgehead atoms. The summed E-state index contributed by atoms with van der Waals surface area (Å²) in [5.41, 5.74) is 9.01. The Hall–Kier alpha value is -3.50. The second-order valence-electron chi connectivity index (χ2n) is 7.15. The fraction of sp³-hybridized carbons (Fsp3) is 0.333. The number of rotatable bonds is 7. The Kier molecular flexibility index (Phi) is 6.83. The number of nitro benzene ring substituents is 1. The van der Waals surface area contributed by atoms with E-state index in [0.717, 1.165) is 33.9 Å². The Labute approximate surface area is 176 Å². The second kappa shape index (κ2) is 9.54. The SMILES string of the molecule is NC(CCC=O)C(=O)O.O=[N+]([O-])c1cc2c(oc3ccc(CCO)cc32)c2c1NCC2. The first-order valence-corrected chi connectivity index (χ1v) is 9.79. The van der Waals surface area contributed by atoms with Crippen LogP contribution in [0.4, 0.5) is 11.4 Å². The standard InChI is InChI=1S/C16H14N2O4.C5H9NO3/c19-6-4-9-1-2-14-11(7-9)12-8-13(18(20)21)15-10(3-5-17-15)16(12)22-14;6-4(5(8)9)2-1-3-7/h1-2,7-8,17,19H,3-6H2;3-4H,1-2,6H2,(H,8,9). The van der Waals surface area contributed by atoms with Crippen molar-refractivity contribution in [3.05, 3.63) is 45.5 Å². The normalized spacial score (nSPS) is 13.2. The number of nitrogens with one attached hydrogen (secondary N) is 1. The Morgan fingerprint density at radius 3 is 2.77 bits per heavy atom. The number of hydrogen-bond acceptors (Lipinski definition) is 8. The first-order chi connectivity index (χ1) is 14.9. The number of fused-ring (bicyclic) bond motifs is 5. The van der Waals surface area contributed by atoms with E-state index in [0.29, 0.717) is 30.5 Å². The Bertz CT molecular complexity index is 1140. The smallest absolute Gasteiger partial charge is 0.320 e.